The first-order valence-corrected chi connectivity index (χ1v) is 8.83. The van der Waals surface area contributed by atoms with Crippen molar-refractivity contribution in [3.05, 3.63) is 89.2 Å². The van der Waals surface area contributed by atoms with Gasteiger partial charge in [-0.05, 0) is 48.0 Å². The van der Waals surface area contributed by atoms with Gasteiger partial charge in [0.2, 0.25) is 5.95 Å². The first-order chi connectivity index (χ1) is 13.2. The molecular weight excluding hydrogens is 363 g/mol. The number of fused-ring (bicyclic) bond motifs is 1. The topological polar surface area (TPSA) is 49.8 Å². The van der Waals surface area contributed by atoms with Crippen molar-refractivity contribution in [2.45, 2.75) is 6.54 Å². The van der Waals surface area contributed by atoms with Gasteiger partial charge in [0.25, 0.3) is 0 Å². The van der Waals surface area contributed by atoms with Gasteiger partial charge in [-0.2, -0.15) is 4.98 Å². The number of benzene rings is 3. The third-order valence-electron chi connectivity index (χ3n) is 4.11. The summed E-state index contributed by atoms with van der Waals surface area (Å²) in [6.07, 6.45) is 0. The van der Waals surface area contributed by atoms with Crippen molar-refractivity contribution in [2.24, 2.45) is 0 Å². The molecule has 0 saturated heterocycles. The summed E-state index contributed by atoms with van der Waals surface area (Å²) in [6, 6.07) is 21.5. The summed E-state index contributed by atoms with van der Waals surface area (Å²) >= 11 is 6.24. The van der Waals surface area contributed by atoms with E-state index < -0.39 is 0 Å². The fourth-order valence-electron chi connectivity index (χ4n) is 2.75. The Morgan fingerprint density at radius 1 is 0.852 bits per heavy atom. The summed E-state index contributed by atoms with van der Waals surface area (Å²) < 4.78 is 13.1. The molecule has 0 saturated carbocycles. The number of halogens is 2. The summed E-state index contributed by atoms with van der Waals surface area (Å²) in [7, 11) is 0. The zero-order chi connectivity index (χ0) is 18.6. The van der Waals surface area contributed by atoms with Crippen LogP contribution in [0.5, 0.6) is 0 Å². The van der Waals surface area contributed by atoms with E-state index in [1.165, 1.54) is 12.1 Å². The van der Waals surface area contributed by atoms with Gasteiger partial charge in [0, 0.05) is 22.6 Å². The van der Waals surface area contributed by atoms with Crippen LogP contribution >= 0.6 is 11.6 Å². The molecule has 134 valence electrons. The highest BCUT2D eigenvalue weighted by molar-refractivity contribution is 6.31. The van der Waals surface area contributed by atoms with Crippen molar-refractivity contribution < 1.29 is 4.39 Å². The molecule has 0 aliphatic rings. The fourth-order valence-corrected chi connectivity index (χ4v) is 2.95. The number of para-hydroxylation sites is 1. The van der Waals surface area contributed by atoms with Gasteiger partial charge in [-0.3, -0.25) is 0 Å². The maximum Gasteiger partial charge on any atom is 0.229 e. The predicted octanol–water partition coefficient (Wildman–Crippen LogP) is 5.78. The second-order valence-corrected chi connectivity index (χ2v) is 6.40. The van der Waals surface area contributed by atoms with E-state index in [1.807, 2.05) is 48.5 Å². The molecule has 3 aromatic carbocycles. The Morgan fingerprint density at radius 3 is 2.41 bits per heavy atom. The van der Waals surface area contributed by atoms with Crippen LogP contribution < -0.4 is 10.6 Å². The molecule has 27 heavy (non-hydrogen) atoms. The second kappa shape index (κ2) is 7.60. The molecule has 1 heterocycles. The highest BCUT2D eigenvalue weighted by Gasteiger charge is 2.09. The third kappa shape index (κ3) is 3.99. The number of rotatable bonds is 5. The number of hydrogen-bond acceptors (Lipinski definition) is 4. The lowest BCUT2D eigenvalue weighted by Crippen LogP contribution is -2.06. The molecule has 1 aromatic heterocycles. The Kier molecular flexibility index (Phi) is 4.85. The van der Waals surface area contributed by atoms with E-state index >= 15 is 0 Å². The van der Waals surface area contributed by atoms with Crippen LogP contribution in [0.25, 0.3) is 10.9 Å². The van der Waals surface area contributed by atoms with Crippen molar-refractivity contribution in [1.29, 1.82) is 0 Å². The molecule has 0 spiro atoms. The molecular formula is C21H16ClFN4. The minimum absolute atomic E-state index is 0.290. The average molecular weight is 379 g/mol. The molecule has 0 bridgehead atoms. The normalized spacial score (nSPS) is 10.7. The lowest BCUT2D eigenvalue weighted by atomic mass is 10.2. The van der Waals surface area contributed by atoms with Crippen LogP contribution in [-0.2, 0) is 6.54 Å². The Morgan fingerprint density at radius 2 is 1.59 bits per heavy atom. The zero-order valence-corrected chi connectivity index (χ0v) is 15.0. The van der Waals surface area contributed by atoms with Crippen molar-refractivity contribution in [3.63, 3.8) is 0 Å². The van der Waals surface area contributed by atoms with E-state index in [0.29, 0.717) is 29.0 Å². The molecule has 4 rings (SSSR count). The summed E-state index contributed by atoms with van der Waals surface area (Å²) in [5, 5.41) is 8.08. The zero-order valence-electron chi connectivity index (χ0n) is 14.3. The fraction of sp³-hybridized carbons (Fsp3) is 0.0476. The van der Waals surface area contributed by atoms with E-state index in [9.17, 15) is 4.39 Å². The van der Waals surface area contributed by atoms with Crippen LogP contribution in [0.4, 0.5) is 21.8 Å². The summed E-state index contributed by atoms with van der Waals surface area (Å²) in [5.41, 5.74) is 2.50. The van der Waals surface area contributed by atoms with Crippen LogP contribution in [-0.4, -0.2) is 9.97 Å². The first-order valence-electron chi connectivity index (χ1n) is 8.46. The average Bonchev–Trinajstić information content (AvgIpc) is 2.69. The molecule has 0 atom stereocenters. The SMILES string of the molecule is Fc1ccc(Nc2nc(NCc3ccccc3Cl)c3ccccc3n2)cc1. The maximum atomic E-state index is 13.1. The maximum absolute atomic E-state index is 13.1. The van der Waals surface area contributed by atoms with Gasteiger partial charge < -0.3 is 10.6 Å². The molecule has 0 fully saturated rings. The van der Waals surface area contributed by atoms with Gasteiger partial charge >= 0.3 is 0 Å². The van der Waals surface area contributed by atoms with Crippen molar-refractivity contribution >= 4 is 40.0 Å². The monoisotopic (exact) mass is 378 g/mol. The van der Waals surface area contributed by atoms with E-state index in [0.717, 1.165) is 16.5 Å². The van der Waals surface area contributed by atoms with Gasteiger partial charge in [0.05, 0.1) is 5.52 Å². The number of hydrogen-bond donors (Lipinski definition) is 2. The third-order valence-corrected chi connectivity index (χ3v) is 4.48. The highest BCUT2D eigenvalue weighted by atomic mass is 35.5. The van der Waals surface area contributed by atoms with Crippen molar-refractivity contribution in [1.82, 2.24) is 9.97 Å². The lowest BCUT2D eigenvalue weighted by molar-refractivity contribution is 0.628. The van der Waals surface area contributed by atoms with Gasteiger partial charge in [0.15, 0.2) is 0 Å². The number of aromatic nitrogens is 2. The van der Waals surface area contributed by atoms with E-state index in [2.05, 4.69) is 20.6 Å². The minimum Gasteiger partial charge on any atom is -0.365 e. The standard InChI is InChI=1S/C21H16ClFN4/c22-18-7-3-1-5-14(18)13-24-20-17-6-2-4-8-19(17)26-21(27-20)25-16-11-9-15(23)10-12-16/h1-12H,13H2,(H2,24,25,26,27). The number of anilines is 3. The minimum atomic E-state index is -0.290. The Balaban J connectivity index is 1.66. The van der Waals surface area contributed by atoms with E-state index in [1.54, 1.807) is 12.1 Å². The van der Waals surface area contributed by atoms with Crippen molar-refractivity contribution in [2.75, 3.05) is 10.6 Å². The summed E-state index contributed by atoms with van der Waals surface area (Å²) in [5.74, 6) is 0.842. The van der Waals surface area contributed by atoms with Crippen LogP contribution in [0.15, 0.2) is 72.8 Å². The Hall–Kier alpha value is -3.18. The van der Waals surface area contributed by atoms with Gasteiger partial charge in [-0.15, -0.1) is 0 Å². The summed E-state index contributed by atoms with van der Waals surface area (Å²) in [4.78, 5) is 9.14. The Labute approximate surface area is 161 Å². The van der Waals surface area contributed by atoms with Gasteiger partial charge in [-0.25, -0.2) is 9.37 Å². The molecule has 4 aromatic rings. The molecule has 0 aliphatic heterocycles. The predicted molar refractivity (Wildman–Crippen MR) is 108 cm³/mol. The molecule has 0 aliphatic carbocycles. The second-order valence-electron chi connectivity index (χ2n) is 5.99. The van der Waals surface area contributed by atoms with Crippen LogP contribution in [0.2, 0.25) is 5.02 Å². The van der Waals surface area contributed by atoms with Gasteiger partial charge in [0.1, 0.15) is 11.6 Å². The summed E-state index contributed by atoms with van der Waals surface area (Å²) in [6.45, 7) is 0.538. The molecule has 0 unspecified atom stereocenters. The van der Waals surface area contributed by atoms with Crippen molar-refractivity contribution in [3.8, 4) is 0 Å². The first kappa shape index (κ1) is 17.2. The van der Waals surface area contributed by atoms with E-state index in [-0.39, 0.29) is 5.82 Å². The highest BCUT2D eigenvalue weighted by Crippen LogP contribution is 2.25. The van der Waals surface area contributed by atoms with Crippen LogP contribution in [0, 0.1) is 5.82 Å². The quantitative estimate of drug-likeness (QED) is 0.462. The molecule has 4 nitrogen and oxygen atoms in total. The van der Waals surface area contributed by atoms with Gasteiger partial charge in [-0.1, -0.05) is 41.9 Å². The lowest BCUT2D eigenvalue weighted by Gasteiger charge is -2.12. The number of nitrogens with zero attached hydrogens (tertiary/aromatic N) is 2. The van der Waals surface area contributed by atoms with Crippen LogP contribution in [0.1, 0.15) is 5.56 Å². The molecule has 2 N–H and O–H groups in total. The van der Waals surface area contributed by atoms with E-state index in [4.69, 9.17) is 11.6 Å². The number of nitrogens with one attached hydrogen (secondary N) is 2. The largest absolute Gasteiger partial charge is 0.365 e. The molecule has 6 heteroatoms. The molecule has 0 radical (unpaired) electrons. The van der Waals surface area contributed by atoms with Crippen LogP contribution in [0.3, 0.4) is 0 Å². The smallest absolute Gasteiger partial charge is 0.229 e. The molecule has 0 amide bonds. The Bertz CT molecular complexity index is 1080.